The lowest BCUT2D eigenvalue weighted by Gasteiger charge is -2.36. The highest BCUT2D eigenvalue weighted by atomic mass is 16.7. The van der Waals surface area contributed by atoms with Crippen molar-refractivity contribution in [1.82, 2.24) is 5.32 Å². The summed E-state index contributed by atoms with van der Waals surface area (Å²) in [5.41, 5.74) is -0.492. The zero-order valence-electron chi connectivity index (χ0n) is 32.5. The van der Waals surface area contributed by atoms with E-state index in [2.05, 4.69) is 10.6 Å². The monoisotopic (exact) mass is 758 g/mol. The first-order valence-electron chi connectivity index (χ1n) is 18.2. The molecule has 1 aliphatic carbocycles. The molecule has 13 nitrogen and oxygen atoms in total. The third-order valence-electron chi connectivity index (χ3n) is 11.0. The average molecular weight is 759 g/mol. The average Bonchev–Trinajstić information content (AvgIpc) is 3.42. The molecule has 13 heteroatoms. The number of ketones is 3. The molecule has 0 saturated carbocycles. The number of hydrogen-bond acceptors (Lipinski definition) is 12. The van der Waals surface area contributed by atoms with Crippen molar-refractivity contribution in [2.24, 2.45) is 23.7 Å². The number of aliphatic hydroxyl groups is 3. The standard InChI is InChI=1S/C42H50N2O11/c1-19-13-15-26(16-14-19)43-31-32-38(50)29-28(37(31)49)30-39(25(7)36(29)48)55-42(8,40(30)51)54-18-17-27(53-9)22(4)34(46)24(6)35(47)23(5)33(45)20(2)11-10-12-21(3)41(52)44-32/h10-18,20,22-24,27,33-35,43,45-48H,1-9H3,(H,44,52). The SMILES string of the molecule is COC1C=COC2(C)Oc3c(C)c(O)c4c(c3C2=O)C(=O)C(Nc2ccc(C)cc2)=C(NC(=O)C(C)=CC=CC(C)C(O)C(C)C(O)C(C)C(O)C1C)C4=O. The second-order valence-corrected chi connectivity index (χ2v) is 14.9. The summed E-state index contributed by atoms with van der Waals surface area (Å²) in [4.78, 5) is 56.8. The van der Waals surface area contributed by atoms with E-state index in [1.165, 1.54) is 46.3 Å². The van der Waals surface area contributed by atoms with Crippen molar-refractivity contribution in [3.8, 4) is 11.5 Å². The van der Waals surface area contributed by atoms with Crippen LogP contribution in [0.15, 0.2) is 71.8 Å². The van der Waals surface area contributed by atoms with Crippen LogP contribution in [0.3, 0.4) is 0 Å². The van der Waals surface area contributed by atoms with Crippen LogP contribution in [0.5, 0.6) is 11.5 Å². The fourth-order valence-electron chi connectivity index (χ4n) is 7.20. The van der Waals surface area contributed by atoms with Gasteiger partial charge in [0.05, 0.1) is 47.4 Å². The molecule has 9 unspecified atom stereocenters. The molecule has 4 aliphatic rings. The molecule has 2 aromatic rings. The molecule has 3 aliphatic heterocycles. The second kappa shape index (κ2) is 16.0. The summed E-state index contributed by atoms with van der Waals surface area (Å²) in [6.45, 7) is 12.9. The third kappa shape index (κ3) is 7.62. The maximum Gasteiger partial charge on any atom is 0.312 e. The number of phenols is 1. The lowest BCUT2D eigenvalue weighted by Crippen LogP contribution is -2.45. The number of aliphatic hydroxyl groups excluding tert-OH is 3. The van der Waals surface area contributed by atoms with Crippen molar-refractivity contribution in [2.45, 2.75) is 85.6 Å². The number of amides is 1. The number of anilines is 1. The maximum atomic E-state index is 14.6. The van der Waals surface area contributed by atoms with E-state index in [0.29, 0.717) is 5.69 Å². The Morgan fingerprint density at radius 2 is 1.44 bits per heavy atom. The molecule has 0 aromatic heterocycles. The van der Waals surface area contributed by atoms with E-state index in [1.54, 1.807) is 64.1 Å². The number of fused-ring (bicyclic) bond motifs is 14. The molecule has 294 valence electrons. The minimum atomic E-state index is -2.06. The van der Waals surface area contributed by atoms with Gasteiger partial charge < -0.3 is 45.3 Å². The van der Waals surface area contributed by atoms with Crippen molar-refractivity contribution in [1.29, 1.82) is 0 Å². The van der Waals surface area contributed by atoms with E-state index < -0.39 is 99.7 Å². The van der Waals surface area contributed by atoms with Gasteiger partial charge in [-0.3, -0.25) is 19.2 Å². The number of Topliss-reactive ketones (excluding diaryl/α,β-unsaturated/α-hetero) is 3. The molecular formula is C42H50N2O11. The minimum absolute atomic E-state index is 0.00324. The van der Waals surface area contributed by atoms with Crippen LogP contribution in [0.25, 0.3) is 0 Å². The molecule has 0 fully saturated rings. The normalized spacial score (nSPS) is 30.5. The Bertz CT molecular complexity index is 2010. The van der Waals surface area contributed by atoms with Crippen molar-refractivity contribution in [3.05, 3.63) is 99.6 Å². The quantitative estimate of drug-likeness (QED) is 0.250. The first-order valence-corrected chi connectivity index (χ1v) is 18.2. The molecule has 6 N–H and O–H groups in total. The molecule has 3 heterocycles. The highest BCUT2D eigenvalue weighted by Gasteiger charge is 2.52. The van der Waals surface area contributed by atoms with E-state index in [-0.39, 0.29) is 28.1 Å². The van der Waals surface area contributed by atoms with Gasteiger partial charge in [-0.2, -0.15) is 0 Å². The van der Waals surface area contributed by atoms with E-state index in [4.69, 9.17) is 14.2 Å². The van der Waals surface area contributed by atoms with Crippen LogP contribution in [0, 0.1) is 37.5 Å². The van der Waals surface area contributed by atoms with Gasteiger partial charge in [-0.05, 0) is 39.0 Å². The summed E-state index contributed by atoms with van der Waals surface area (Å²) in [5, 5.41) is 50.7. The number of methoxy groups -OCH3 is 1. The van der Waals surface area contributed by atoms with Gasteiger partial charge in [0.1, 0.15) is 22.9 Å². The number of carbonyl (C=O) groups excluding carboxylic acids is 4. The molecule has 0 radical (unpaired) electrons. The van der Waals surface area contributed by atoms with Crippen molar-refractivity contribution in [3.63, 3.8) is 0 Å². The van der Waals surface area contributed by atoms with Crippen LogP contribution >= 0.6 is 0 Å². The molecule has 2 aromatic carbocycles. The first kappa shape index (κ1) is 41.1. The Morgan fingerprint density at radius 3 is 2.07 bits per heavy atom. The molecule has 55 heavy (non-hydrogen) atoms. The van der Waals surface area contributed by atoms with E-state index in [0.717, 1.165) is 5.56 Å². The molecule has 1 amide bonds. The highest BCUT2D eigenvalue weighted by Crippen LogP contribution is 2.48. The summed E-state index contributed by atoms with van der Waals surface area (Å²) in [5.74, 6) is -8.63. The maximum absolute atomic E-state index is 14.6. The lowest BCUT2D eigenvalue weighted by molar-refractivity contribution is -0.116. The summed E-state index contributed by atoms with van der Waals surface area (Å²) in [6, 6.07) is 6.91. The Balaban J connectivity index is 1.67. The Hall–Kier alpha value is -5.08. The van der Waals surface area contributed by atoms with Crippen LogP contribution in [-0.2, 0) is 14.3 Å². The fourth-order valence-corrected chi connectivity index (χ4v) is 7.20. The minimum Gasteiger partial charge on any atom is -0.507 e. The summed E-state index contributed by atoms with van der Waals surface area (Å²) in [6.07, 6.45) is 3.28. The van der Waals surface area contributed by atoms with Crippen molar-refractivity contribution in [2.75, 3.05) is 12.4 Å². The topological polar surface area (TPSA) is 201 Å². The van der Waals surface area contributed by atoms with E-state index in [9.17, 15) is 39.6 Å². The van der Waals surface area contributed by atoms with Gasteiger partial charge in [-0.15, -0.1) is 0 Å². The summed E-state index contributed by atoms with van der Waals surface area (Å²) < 4.78 is 17.5. The van der Waals surface area contributed by atoms with Gasteiger partial charge in [0, 0.05) is 54.5 Å². The Kier molecular flexibility index (Phi) is 11.9. The number of phenolic OH excluding ortho intramolecular Hbond substituents is 1. The van der Waals surface area contributed by atoms with Gasteiger partial charge in [0.25, 0.3) is 11.7 Å². The zero-order valence-corrected chi connectivity index (χ0v) is 32.5. The number of aryl methyl sites for hydroxylation is 1. The van der Waals surface area contributed by atoms with E-state index in [1.807, 2.05) is 6.92 Å². The van der Waals surface area contributed by atoms with Gasteiger partial charge in [-0.1, -0.05) is 63.6 Å². The number of rotatable bonds is 3. The first-order chi connectivity index (χ1) is 25.8. The molecular weight excluding hydrogens is 708 g/mol. The smallest absolute Gasteiger partial charge is 0.312 e. The molecule has 5 bridgehead atoms. The van der Waals surface area contributed by atoms with Gasteiger partial charge in [0.15, 0.2) is 0 Å². The van der Waals surface area contributed by atoms with Crippen LogP contribution in [0.1, 0.15) is 83.7 Å². The fraction of sp³-hybridized carbons (Fsp3) is 0.429. The Morgan fingerprint density at radius 1 is 0.818 bits per heavy atom. The predicted molar refractivity (Wildman–Crippen MR) is 203 cm³/mol. The van der Waals surface area contributed by atoms with E-state index >= 15 is 0 Å². The number of ether oxygens (including phenoxy) is 3. The summed E-state index contributed by atoms with van der Waals surface area (Å²) in [7, 11) is 1.42. The molecule has 0 saturated heterocycles. The molecule has 9 atom stereocenters. The number of allylic oxidation sites excluding steroid dienone is 4. The highest BCUT2D eigenvalue weighted by molar-refractivity contribution is 6.33. The van der Waals surface area contributed by atoms with Crippen LogP contribution < -0.4 is 15.4 Å². The van der Waals surface area contributed by atoms with Gasteiger partial charge in [-0.25, -0.2) is 0 Å². The van der Waals surface area contributed by atoms with Crippen LogP contribution in [0.2, 0.25) is 0 Å². The second-order valence-electron chi connectivity index (χ2n) is 14.9. The largest absolute Gasteiger partial charge is 0.507 e. The molecule has 6 rings (SSSR count). The zero-order chi connectivity index (χ0) is 40.7. The van der Waals surface area contributed by atoms with Gasteiger partial charge >= 0.3 is 5.79 Å². The number of nitrogens with one attached hydrogen (secondary N) is 2. The Labute approximate surface area is 320 Å². The van der Waals surface area contributed by atoms with Crippen molar-refractivity contribution >= 4 is 28.9 Å². The third-order valence-corrected chi connectivity index (χ3v) is 11.0. The van der Waals surface area contributed by atoms with Crippen LogP contribution in [0.4, 0.5) is 5.69 Å². The number of hydrogen-bond donors (Lipinski definition) is 6. The van der Waals surface area contributed by atoms with Crippen LogP contribution in [-0.4, -0.2) is 81.0 Å². The lowest BCUT2D eigenvalue weighted by atomic mass is 9.78. The number of benzene rings is 2. The number of aromatic hydroxyl groups is 1. The summed E-state index contributed by atoms with van der Waals surface area (Å²) >= 11 is 0. The van der Waals surface area contributed by atoms with Gasteiger partial charge in [0.2, 0.25) is 11.6 Å². The predicted octanol–water partition coefficient (Wildman–Crippen LogP) is 4.81. The number of carbonyl (C=O) groups is 4. The molecule has 0 spiro atoms. The van der Waals surface area contributed by atoms with Crippen molar-refractivity contribution < 1.29 is 53.8 Å².